The van der Waals surface area contributed by atoms with Crippen LogP contribution in [0.3, 0.4) is 0 Å². The summed E-state index contributed by atoms with van der Waals surface area (Å²) in [6.45, 7) is 8.31. The largest absolute Gasteiger partial charge is 0.315 e. The highest BCUT2D eigenvalue weighted by molar-refractivity contribution is 4.76. The number of likely N-dealkylation sites (N-methyl/N-ethyl adjacent to an activating group) is 1. The Morgan fingerprint density at radius 3 is 2.53 bits per heavy atom. The molecule has 0 bridgehead atoms. The SMILES string of the molecule is CCCCCNCCN(C)C1CCN(C)CC1. The van der Waals surface area contributed by atoms with E-state index in [-0.39, 0.29) is 0 Å². The van der Waals surface area contributed by atoms with Crippen molar-refractivity contribution in [2.45, 2.75) is 45.1 Å². The number of likely N-dealkylation sites (tertiary alicyclic amines) is 1. The van der Waals surface area contributed by atoms with Gasteiger partial charge in [-0.25, -0.2) is 0 Å². The number of hydrogen-bond donors (Lipinski definition) is 1. The van der Waals surface area contributed by atoms with Gasteiger partial charge in [0.15, 0.2) is 0 Å². The molecular weight excluding hydrogens is 210 g/mol. The van der Waals surface area contributed by atoms with Gasteiger partial charge in [0.1, 0.15) is 0 Å². The van der Waals surface area contributed by atoms with E-state index in [1.54, 1.807) is 0 Å². The first-order chi connectivity index (χ1) is 8.24. The van der Waals surface area contributed by atoms with Gasteiger partial charge in [-0.1, -0.05) is 19.8 Å². The fraction of sp³-hybridized carbons (Fsp3) is 1.00. The molecule has 1 fully saturated rings. The molecule has 1 saturated heterocycles. The summed E-state index contributed by atoms with van der Waals surface area (Å²) in [5.41, 5.74) is 0. The molecule has 0 amide bonds. The summed E-state index contributed by atoms with van der Waals surface area (Å²) in [5, 5.41) is 3.55. The van der Waals surface area contributed by atoms with Crippen molar-refractivity contribution in [3.8, 4) is 0 Å². The van der Waals surface area contributed by atoms with Gasteiger partial charge in [0, 0.05) is 19.1 Å². The van der Waals surface area contributed by atoms with Crippen molar-refractivity contribution in [3.63, 3.8) is 0 Å². The molecular formula is C14H31N3. The number of hydrogen-bond acceptors (Lipinski definition) is 3. The Balaban J connectivity index is 1.99. The molecule has 0 spiro atoms. The van der Waals surface area contributed by atoms with Gasteiger partial charge in [-0.15, -0.1) is 0 Å². The van der Waals surface area contributed by atoms with Crippen LogP contribution in [-0.4, -0.2) is 62.7 Å². The number of piperidine rings is 1. The summed E-state index contributed by atoms with van der Waals surface area (Å²) in [5.74, 6) is 0. The summed E-state index contributed by atoms with van der Waals surface area (Å²) < 4.78 is 0. The van der Waals surface area contributed by atoms with Crippen molar-refractivity contribution in [1.29, 1.82) is 0 Å². The Hall–Kier alpha value is -0.120. The lowest BCUT2D eigenvalue weighted by molar-refractivity contribution is 0.145. The first-order valence-corrected chi connectivity index (χ1v) is 7.33. The predicted molar refractivity (Wildman–Crippen MR) is 75.5 cm³/mol. The van der Waals surface area contributed by atoms with E-state index in [1.807, 2.05) is 0 Å². The molecule has 1 rings (SSSR count). The number of nitrogens with zero attached hydrogens (tertiary/aromatic N) is 2. The van der Waals surface area contributed by atoms with E-state index < -0.39 is 0 Å². The van der Waals surface area contributed by atoms with Gasteiger partial charge in [0.2, 0.25) is 0 Å². The molecule has 1 aliphatic heterocycles. The highest BCUT2D eigenvalue weighted by Gasteiger charge is 2.19. The normalized spacial score (nSPS) is 19.1. The third-order valence-corrected chi connectivity index (χ3v) is 3.91. The predicted octanol–water partition coefficient (Wildman–Crippen LogP) is 1.79. The van der Waals surface area contributed by atoms with E-state index in [0.717, 1.165) is 12.6 Å². The average Bonchev–Trinajstić information content (AvgIpc) is 2.34. The van der Waals surface area contributed by atoms with Gasteiger partial charge >= 0.3 is 0 Å². The molecule has 102 valence electrons. The minimum absolute atomic E-state index is 0.809. The summed E-state index contributed by atoms with van der Waals surface area (Å²) in [6.07, 6.45) is 6.68. The summed E-state index contributed by atoms with van der Waals surface area (Å²) in [4.78, 5) is 4.98. The van der Waals surface area contributed by atoms with Crippen molar-refractivity contribution in [2.75, 3.05) is 46.8 Å². The summed E-state index contributed by atoms with van der Waals surface area (Å²) in [6, 6.07) is 0.809. The first-order valence-electron chi connectivity index (χ1n) is 7.33. The van der Waals surface area contributed by atoms with Crippen LogP contribution in [0.5, 0.6) is 0 Å². The van der Waals surface area contributed by atoms with E-state index in [4.69, 9.17) is 0 Å². The Bertz CT molecular complexity index is 176. The first kappa shape index (κ1) is 14.9. The van der Waals surface area contributed by atoms with Crippen LogP contribution in [0.1, 0.15) is 39.0 Å². The maximum Gasteiger partial charge on any atom is 0.0117 e. The second-order valence-electron chi connectivity index (χ2n) is 5.47. The molecule has 0 aromatic heterocycles. The van der Waals surface area contributed by atoms with Crippen LogP contribution in [-0.2, 0) is 0 Å². The standard InChI is InChI=1S/C14H31N3/c1-4-5-6-9-15-10-13-17(3)14-7-11-16(2)12-8-14/h14-15H,4-13H2,1-3H3. The lowest BCUT2D eigenvalue weighted by Gasteiger charge is -2.35. The maximum atomic E-state index is 3.55. The van der Waals surface area contributed by atoms with Crippen LogP contribution in [0.4, 0.5) is 0 Å². The third kappa shape index (κ3) is 6.39. The van der Waals surface area contributed by atoms with Gasteiger partial charge < -0.3 is 15.1 Å². The molecule has 0 aromatic carbocycles. The van der Waals surface area contributed by atoms with Gasteiger partial charge in [-0.2, -0.15) is 0 Å². The zero-order valence-corrected chi connectivity index (χ0v) is 12.0. The third-order valence-electron chi connectivity index (χ3n) is 3.91. The molecule has 0 unspecified atom stereocenters. The monoisotopic (exact) mass is 241 g/mol. The molecule has 0 atom stereocenters. The van der Waals surface area contributed by atoms with Crippen molar-refractivity contribution >= 4 is 0 Å². The topological polar surface area (TPSA) is 18.5 Å². The van der Waals surface area contributed by atoms with E-state index >= 15 is 0 Å². The zero-order valence-electron chi connectivity index (χ0n) is 12.0. The van der Waals surface area contributed by atoms with Crippen molar-refractivity contribution < 1.29 is 0 Å². The second kappa shape index (κ2) is 8.90. The molecule has 0 aliphatic carbocycles. The molecule has 1 heterocycles. The average molecular weight is 241 g/mol. The maximum absolute atomic E-state index is 3.55. The Kier molecular flexibility index (Phi) is 7.82. The van der Waals surface area contributed by atoms with Crippen molar-refractivity contribution in [2.24, 2.45) is 0 Å². The summed E-state index contributed by atoms with van der Waals surface area (Å²) in [7, 11) is 4.51. The van der Waals surface area contributed by atoms with Crippen LogP contribution in [0, 0.1) is 0 Å². The Labute approximate surface area is 108 Å². The van der Waals surface area contributed by atoms with Gasteiger partial charge in [-0.3, -0.25) is 0 Å². The van der Waals surface area contributed by atoms with Crippen LogP contribution < -0.4 is 5.32 Å². The molecule has 17 heavy (non-hydrogen) atoms. The highest BCUT2D eigenvalue weighted by Crippen LogP contribution is 2.13. The van der Waals surface area contributed by atoms with E-state index in [2.05, 4.69) is 36.1 Å². The molecule has 1 aliphatic rings. The Morgan fingerprint density at radius 1 is 1.18 bits per heavy atom. The van der Waals surface area contributed by atoms with E-state index in [1.165, 1.54) is 58.3 Å². The molecule has 0 radical (unpaired) electrons. The van der Waals surface area contributed by atoms with Crippen LogP contribution in [0.2, 0.25) is 0 Å². The quantitative estimate of drug-likeness (QED) is 0.654. The Morgan fingerprint density at radius 2 is 1.88 bits per heavy atom. The highest BCUT2D eigenvalue weighted by atomic mass is 15.2. The lowest BCUT2D eigenvalue weighted by atomic mass is 10.0. The zero-order chi connectivity index (χ0) is 12.5. The molecule has 3 heteroatoms. The fourth-order valence-corrected chi connectivity index (χ4v) is 2.50. The number of unbranched alkanes of at least 4 members (excludes halogenated alkanes) is 2. The second-order valence-corrected chi connectivity index (χ2v) is 5.47. The molecule has 0 aromatic rings. The molecule has 3 nitrogen and oxygen atoms in total. The van der Waals surface area contributed by atoms with Crippen LogP contribution in [0.25, 0.3) is 0 Å². The lowest BCUT2D eigenvalue weighted by Crippen LogP contribution is -2.44. The van der Waals surface area contributed by atoms with E-state index in [0.29, 0.717) is 0 Å². The van der Waals surface area contributed by atoms with Gasteiger partial charge in [-0.05, 0) is 53.0 Å². The van der Waals surface area contributed by atoms with Gasteiger partial charge in [0.25, 0.3) is 0 Å². The number of rotatable bonds is 8. The van der Waals surface area contributed by atoms with Crippen molar-refractivity contribution in [1.82, 2.24) is 15.1 Å². The van der Waals surface area contributed by atoms with E-state index in [9.17, 15) is 0 Å². The van der Waals surface area contributed by atoms with Crippen molar-refractivity contribution in [3.05, 3.63) is 0 Å². The smallest absolute Gasteiger partial charge is 0.0117 e. The van der Waals surface area contributed by atoms with Crippen LogP contribution >= 0.6 is 0 Å². The molecule has 1 N–H and O–H groups in total. The van der Waals surface area contributed by atoms with Crippen LogP contribution in [0.15, 0.2) is 0 Å². The summed E-state index contributed by atoms with van der Waals surface area (Å²) >= 11 is 0. The minimum atomic E-state index is 0.809. The minimum Gasteiger partial charge on any atom is -0.315 e. The molecule has 0 saturated carbocycles. The number of nitrogens with one attached hydrogen (secondary N) is 1. The van der Waals surface area contributed by atoms with Gasteiger partial charge in [0.05, 0.1) is 0 Å². The fourth-order valence-electron chi connectivity index (χ4n) is 2.50.